The number of nitrogens with one attached hydrogen (secondary N) is 2. The Balaban J connectivity index is 1.23. The van der Waals surface area contributed by atoms with E-state index in [2.05, 4.69) is 32.3 Å². The number of hydrogen-bond donors (Lipinski definition) is 2. The van der Waals surface area contributed by atoms with Gasteiger partial charge in [0.2, 0.25) is 11.9 Å². The first-order chi connectivity index (χ1) is 19.3. The van der Waals surface area contributed by atoms with Gasteiger partial charge in [-0.1, -0.05) is 19.8 Å². The predicted octanol–water partition coefficient (Wildman–Crippen LogP) is 4.22. The molecule has 3 heterocycles. The van der Waals surface area contributed by atoms with Gasteiger partial charge in [-0.3, -0.25) is 9.59 Å². The number of hydrogen-bond acceptors (Lipinski definition) is 7. The number of aromatic nitrogens is 2. The second kappa shape index (κ2) is 10.6. The van der Waals surface area contributed by atoms with Crippen LogP contribution in [0.1, 0.15) is 68.6 Å². The fraction of sp³-hybridized carbons (Fsp3) is 0.586. The molecule has 0 bridgehead atoms. The van der Waals surface area contributed by atoms with E-state index in [1.54, 1.807) is 18.1 Å². The Hall–Kier alpha value is -3.34. The van der Waals surface area contributed by atoms with Gasteiger partial charge in [-0.25, -0.2) is 13.8 Å². The van der Waals surface area contributed by atoms with E-state index < -0.39 is 17.5 Å². The minimum atomic E-state index is -0.823. The third kappa shape index (κ3) is 5.00. The molecule has 4 aliphatic rings. The van der Waals surface area contributed by atoms with Crippen LogP contribution in [0.25, 0.3) is 0 Å². The van der Waals surface area contributed by atoms with Gasteiger partial charge in [0, 0.05) is 44.8 Å². The summed E-state index contributed by atoms with van der Waals surface area (Å²) in [7, 11) is 1.75. The van der Waals surface area contributed by atoms with E-state index in [-0.39, 0.29) is 40.6 Å². The zero-order valence-electron chi connectivity index (χ0n) is 23.2. The standard InChI is InChI=1S/C29H37F2N7O2/c1-3-37-12-8-18(9-13-37)33-26(39)20-14-22(31)23(15-21(20)30)34-28-32-16-24-25(35-28)38(19-6-4-5-7-19)17-29(10-11-29)27(40)36(24)2/h14-16,18-19H,3-13,17H2,1-2H3,(H,33,39)(H,32,34,35). The Morgan fingerprint density at radius 2 is 1.82 bits per heavy atom. The number of nitrogens with zero attached hydrogens (tertiary/aromatic N) is 5. The Morgan fingerprint density at radius 1 is 1.10 bits per heavy atom. The second-order valence-corrected chi connectivity index (χ2v) is 11.7. The molecule has 40 heavy (non-hydrogen) atoms. The van der Waals surface area contributed by atoms with Crippen molar-refractivity contribution in [2.75, 3.05) is 48.3 Å². The quantitative estimate of drug-likeness (QED) is 0.553. The molecule has 2 N–H and O–H groups in total. The number of fused-ring (bicyclic) bond motifs is 1. The Bertz CT molecular complexity index is 1300. The summed E-state index contributed by atoms with van der Waals surface area (Å²) in [4.78, 5) is 41.3. The van der Waals surface area contributed by atoms with E-state index in [1.807, 2.05) is 0 Å². The number of amides is 2. The molecule has 2 aliphatic carbocycles. The Kier molecular flexibility index (Phi) is 7.10. The van der Waals surface area contributed by atoms with Crippen molar-refractivity contribution in [1.82, 2.24) is 20.2 Å². The molecule has 9 nitrogen and oxygen atoms in total. The van der Waals surface area contributed by atoms with Crippen LogP contribution in [0.2, 0.25) is 0 Å². The number of likely N-dealkylation sites (tertiary alicyclic amines) is 1. The second-order valence-electron chi connectivity index (χ2n) is 11.7. The highest BCUT2D eigenvalue weighted by Gasteiger charge is 2.55. The lowest BCUT2D eigenvalue weighted by molar-refractivity contribution is -0.122. The summed E-state index contributed by atoms with van der Waals surface area (Å²) < 4.78 is 30.2. The van der Waals surface area contributed by atoms with E-state index in [4.69, 9.17) is 4.98 Å². The van der Waals surface area contributed by atoms with Crippen LogP contribution in [0.3, 0.4) is 0 Å². The fourth-order valence-corrected chi connectivity index (χ4v) is 6.44. The fourth-order valence-electron chi connectivity index (χ4n) is 6.44. The van der Waals surface area contributed by atoms with Crippen LogP contribution in [0.4, 0.5) is 31.9 Å². The van der Waals surface area contributed by atoms with Crippen molar-refractivity contribution in [1.29, 1.82) is 0 Å². The van der Waals surface area contributed by atoms with Crippen molar-refractivity contribution < 1.29 is 18.4 Å². The van der Waals surface area contributed by atoms with Gasteiger partial charge >= 0.3 is 0 Å². The van der Waals surface area contributed by atoms with Gasteiger partial charge < -0.3 is 25.3 Å². The lowest BCUT2D eigenvalue weighted by Crippen LogP contribution is -2.44. The first kappa shape index (κ1) is 26.9. The molecule has 1 saturated heterocycles. The van der Waals surface area contributed by atoms with Gasteiger partial charge in [0.15, 0.2) is 5.82 Å². The predicted molar refractivity (Wildman–Crippen MR) is 149 cm³/mol. The third-order valence-electron chi connectivity index (χ3n) is 9.15. The third-order valence-corrected chi connectivity index (χ3v) is 9.15. The highest BCUT2D eigenvalue weighted by atomic mass is 19.1. The van der Waals surface area contributed by atoms with Crippen LogP contribution in [0.5, 0.6) is 0 Å². The van der Waals surface area contributed by atoms with Gasteiger partial charge in [-0.05, 0) is 51.1 Å². The molecule has 2 aliphatic heterocycles. The van der Waals surface area contributed by atoms with Crippen LogP contribution in [0, 0.1) is 17.0 Å². The highest BCUT2D eigenvalue weighted by Crippen LogP contribution is 2.52. The maximum atomic E-state index is 15.2. The largest absolute Gasteiger partial charge is 0.351 e. The molecule has 2 saturated carbocycles. The number of anilines is 4. The van der Waals surface area contributed by atoms with Crippen molar-refractivity contribution in [3.8, 4) is 0 Å². The average molecular weight is 554 g/mol. The average Bonchev–Trinajstić information content (AvgIpc) is 3.56. The highest BCUT2D eigenvalue weighted by molar-refractivity contribution is 6.02. The SMILES string of the molecule is CCN1CCC(NC(=O)c2cc(F)c(Nc3ncc4c(n3)N(C3CCCC3)CC3(CC3)C(=O)N4C)cc2F)CC1. The number of halogens is 2. The molecule has 0 radical (unpaired) electrons. The van der Waals surface area contributed by atoms with Crippen molar-refractivity contribution in [3.63, 3.8) is 0 Å². The maximum absolute atomic E-state index is 15.2. The summed E-state index contributed by atoms with van der Waals surface area (Å²) >= 11 is 0. The molecule has 0 unspecified atom stereocenters. The zero-order valence-corrected chi connectivity index (χ0v) is 23.2. The molecule has 1 spiro atoms. The van der Waals surface area contributed by atoms with Crippen LogP contribution >= 0.6 is 0 Å². The monoisotopic (exact) mass is 553 g/mol. The first-order valence-electron chi connectivity index (χ1n) is 14.5. The summed E-state index contributed by atoms with van der Waals surface area (Å²) in [5, 5.41) is 5.66. The minimum absolute atomic E-state index is 0.0638. The number of piperidine rings is 1. The minimum Gasteiger partial charge on any atom is -0.351 e. The first-order valence-corrected chi connectivity index (χ1v) is 14.5. The number of carbonyl (C=O) groups is 2. The molecule has 214 valence electrons. The van der Waals surface area contributed by atoms with Gasteiger partial charge in [0.05, 0.1) is 22.9 Å². The van der Waals surface area contributed by atoms with Gasteiger partial charge in [-0.15, -0.1) is 0 Å². The maximum Gasteiger partial charge on any atom is 0.254 e. The molecule has 2 amide bonds. The molecule has 6 rings (SSSR count). The summed E-state index contributed by atoms with van der Waals surface area (Å²) in [5.74, 6) is -1.40. The van der Waals surface area contributed by atoms with E-state index in [9.17, 15) is 9.59 Å². The summed E-state index contributed by atoms with van der Waals surface area (Å²) in [6.07, 6.45) is 9.16. The van der Waals surface area contributed by atoms with E-state index in [0.29, 0.717) is 18.1 Å². The summed E-state index contributed by atoms with van der Waals surface area (Å²) in [5.41, 5.74) is -0.250. The van der Waals surface area contributed by atoms with Crippen LogP contribution < -0.4 is 20.4 Å². The van der Waals surface area contributed by atoms with E-state index >= 15 is 8.78 Å². The molecule has 1 aromatic heterocycles. The number of carbonyl (C=O) groups excluding carboxylic acids is 2. The van der Waals surface area contributed by atoms with Gasteiger partial charge in [-0.2, -0.15) is 4.98 Å². The molecule has 1 aromatic carbocycles. The number of benzene rings is 1. The van der Waals surface area contributed by atoms with Crippen molar-refractivity contribution in [2.45, 2.75) is 70.4 Å². The smallest absolute Gasteiger partial charge is 0.254 e. The number of rotatable bonds is 6. The molecule has 11 heteroatoms. The Morgan fingerprint density at radius 3 is 2.50 bits per heavy atom. The zero-order chi connectivity index (χ0) is 28.0. The van der Waals surface area contributed by atoms with Crippen LogP contribution in [0.15, 0.2) is 18.3 Å². The normalized spacial score (nSPS) is 21.4. The molecule has 0 atom stereocenters. The molecular weight excluding hydrogens is 516 g/mol. The van der Waals surface area contributed by atoms with E-state index in [1.165, 1.54) is 0 Å². The van der Waals surface area contributed by atoms with Crippen molar-refractivity contribution in [3.05, 3.63) is 35.5 Å². The van der Waals surface area contributed by atoms with Gasteiger partial charge in [0.25, 0.3) is 5.91 Å². The van der Waals surface area contributed by atoms with Crippen molar-refractivity contribution >= 4 is 35.0 Å². The van der Waals surface area contributed by atoms with Gasteiger partial charge in [0.1, 0.15) is 17.3 Å². The van der Waals surface area contributed by atoms with Crippen molar-refractivity contribution in [2.24, 2.45) is 5.41 Å². The summed E-state index contributed by atoms with van der Waals surface area (Å²) in [6, 6.07) is 2.11. The molecule has 2 aromatic rings. The topological polar surface area (TPSA) is 93.7 Å². The molecule has 3 fully saturated rings. The van der Waals surface area contributed by atoms with Crippen LogP contribution in [-0.2, 0) is 4.79 Å². The Labute approximate surface area is 233 Å². The van der Waals surface area contributed by atoms with Crippen LogP contribution in [-0.4, -0.2) is 72.0 Å². The summed E-state index contributed by atoms with van der Waals surface area (Å²) in [6.45, 7) is 5.39. The molecular formula is C29H37F2N7O2. The van der Waals surface area contributed by atoms with E-state index in [0.717, 1.165) is 83.1 Å². The lowest BCUT2D eigenvalue weighted by atomic mass is 10.0. The lowest BCUT2D eigenvalue weighted by Gasteiger charge is -2.31.